The van der Waals surface area contributed by atoms with E-state index in [0.717, 1.165) is 11.1 Å². The molecule has 2 rings (SSSR count). The van der Waals surface area contributed by atoms with Crippen molar-refractivity contribution in [2.75, 3.05) is 6.61 Å². The van der Waals surface area contributed by atoms with E-state index < -0.39 is 18.1 Å². The van der Waals surface area contributed by atoms with Gasteiger partial charge in [0.2, 0.25) is 5.91 Å². The molecule has 0 bridgehead atoms. The molecule has 1 unspecified atom stereocenters. The maximum absolute atomic E-state index is 11.3. The molecule has 0 aliphatic heterocycles. The Balaban J connectivity index is 1.98. The van der Waals surface area contributed by atoms with E-state index in [9.17, 15) is 9.90 Å². The van der Waals surface area contributed by atoms with Crippen molar-refractivity contribution in [1.29, 1.82) is 0 Å². The molecule has 1 atom stereocenters. The molecule has 1 amide bonds. The van der Waals surface area contributed by atoms with E-state index in [1.807, 2.05) is 18.2 Å². The van der Waals surface area contributed by atoms with Crippen LogP contribution in [0.2, 0.25) is 5.02 Å². The number of nitrogens with two attached hydrogens (primary N) is 2. The maximum atomic E-state index is 11.3. The summed E-state index contributed by atoms with van der Waals surface area (Å²) in [5.41, 5.74) is 11.3. The lowest BCUT2D eigenvalue weighted by atomic mass is 9.92. The lowest BCUT2D eigenvalue weighted by Gasteiger charge is -2.23. The highest BCUT2D eigenvalue weighted by Gasteiger charge is 2.31. The van der Waals surface area contributed by atoms with Gasteiger partial charge in [-0.2, -0.15) is 0 Å². The molecule has 2 aromatic rings. The number of halogens is 1. The van der Waals surface area contributed by atoms with E-state index in [1.54, 1.807) is 30.3 Å². The standard InChI is InChI=1S/C17H19ClN2O3/c18-14-3-1-2-13(8-14)10-23-15-6-4-12(5-7-15)9-17(20,11-21)16(19)22/h1-8,21H,9-11,20H2,(H2,19,22). The fraction of sp³-hybridized carbons (Fsp3) is 0.235. The van der Waals surface area contributed by atoms with Gasteiger partial charge in [0, 0.05) is 11.4 Å². The van der Waals surface area contributed by atoms with E-state index in [1.165, 1.54) is 0 Å². The Morgan fingerprint density at radius 2 is 1.87 bits per heavy atom. The first kappa shape index (κ1) is 17.3. The smallest absolute Gasteiger partial charge is 0.240 e. The molecule has 0 heterocycles. The monoisotopic (exact) mass is 334 g/mol. The Hall–Kier alpha value is -2.08. The number of hydrogen-bond acceptors (Lipinski definition) is 4. The molecular weight excluding hydrogens is 316 g/mol. The van der Waals surface area contributed by atoms with E-state index in [4.69, 9.17) is 27.8 Å². The summed E-state index contributed by atoms with van der Waals surface area (Å²) in [5, 5.41) is 9.91. The van der Waals surface area contributed by atoms with Gasteiger partial charge < -0.3 is 21.3 Å². The van der Waals surface area contributed by atoms with Crippen LogP contribution in [0.4, 0.5) is 0 Å². The number of hydrogen-bond donors (Lipinski definition) is 3. The molecule has 2 aromatic carbocycles. The first-order chi connectivity index (χ1) is 10.9. The van der Waals surface area contributed by atoms with Gasteiger partial charge in [0.1, 0.15) is 17.9 Å². The molecule has 0 aliphatic carbocycles. The SMILES string of the molecule is NC(=O)C(N)(CO)Cc1ccc(OCc2cccc(Cl)c2)cc1. The van der Waals surface area contributed by atoms with Gasteiger partial charge in [0.15, 0.2) is 0 Å². The number of rotatable bonds is 7. The minimum Gasteiger partial charge on any atom is -0.489 e. The van der Waals surface area contributed by atoms with Crippen LogP contribution >= 0.6 is 11.6 Å². The van der Waals surface area contributed by atoms with Gasteiger partial charge in [-0.3, -0.25) is 4.79 Å². The summed E-state index contributed by atoms with van der Waals surface area (Å²) < 4.78 is 5.68. The van der Waals surface area contributed by atoms with Crippen molar-refractivity contribution in [3.8, 4) is 5.75 Å². The van der Waals surface area contributed by atoms with Crippen molar-refractivity contribution < 1.29 is 14.6 Å². The van der Waals surface area contributed by atoms with Gasteiger partial charge in [-0.25, -0.2) is 0 Å². The zero-order valence-electron chi connectivity index (χ0n) is 12.5. The topological polar surface area (TPSA) is 98.6 Å². The van der Waals surface area contributed by atoms with Gasteiger partial charge >= 0.3 is 0 Å². The van der Waals surface area contributed by atoms with Gasteiger partial charge in [-0.1, -0.05) is 35.9 Å². The fourth-order valence-corrected chi connectivity index (χ4v) is 2.30. The molecule has 5 nitrogen and oxygen atoms in total. The molecule has 0 radical (unpaired) electrons. The van der Waals surface area contributed by atoms with Crippen LogP contribution in [0.15, 0.2) is 48.5 Å². The molecule has 0 fully saturated rings. The first-order valence-electron chi connectivity index (χ1n) is 7.09. The predicted octanol–water partition coefficient (Wildman–Crippen LogP) is 1.64. The average Bonchev–Trinajstić information content (AvgIpc) is 2.54. The van der Waals surface area contributed by atoms with Gasteiger partial charge in [0.25, 0.3) is 0 Å². The number of aliphatic hydroxyl groups is 1. The quantitative estimate of drug-likeness (QED) is 0.716. The summed E-state index contributed by atoms with van der Waals surface area (Å²) in [7, 11) is 0. The number of carbonyl (C=O) groups is 1. The Morgan fingerprint density at radius 1 is 1.17 bits per heavy atom. The summed E-state index contributed by atoms with van der Waals surface area (Å²) in [6.07, 6.45) is 0.160. The molecule has 0 aliphatic rings. The van der Waals surface area contributed by atoms with Crippen molar-refractivity contribution >= 4 is 17.5 Å². The van der Waals surface area contributed by atoms with E-state index >= 15 is 0 Å². The number of ether oxygens (including phenoxy) is 1. The highest BCUT2D eigenvalue weighted by atomic mass is 35.5. The van der Waals surface area contributed by atoms with Crippen LogP contribution < -0.4 is 16.2 Å². The molecular formula is C17H19ClN2O3. The number of benzene rings is 2. The van der Waals surface area contributed by atoms with Crippen LogP contribution in [0.3, 0.4) is 0 Å². The molecule has 0 saturated carbocycles. The average molecular weight is 335 g/mol. The Labute approximate surface area is 139 Å². The lowest BCUT2D eigenvalue weighted by Crippen LogP contribution is -2.56. The molecule has 122 valence electrons. The summed E-state index contributed by atoms with van der Waals surface area (Å²) in [6, 6.07) is 14.6. The van der Waals surface area contributed by atoms with E-state index in [-0.39, 0.29) is 6.42 Å². The highest BCUT2D eigenvalue weighted by molar-refractivity contribution is 6.30. The van der Waals surface area contributed by atoms with Gasteiger partial charge in [-0.05, 0) is 35.4 Å². The lowest BCUT2D eigenvalue weighted by molar-refractivity contribution is -0.124. The zero-order chi connectivity index (χ0) is 16.9. The molecule has 23 heavy (non-hydrogen) atoms. The number of carbonyl (C=O) groups excluding carboxylic acids is 1. The van der Waals surface area contributed by atoms with Crippen LogP contribution in [0.25, 0.3) is 0 Å². The molecule has 0 spiro atoms. The third-order valence-corrected chi connectivity index (χ3v) is 3.75. The largest absolute Gasteiger partial charge is 0.489 e. The highest BCUT2D eigenvalue weighted by Crippen LogP contribution is 2.18. The molecule has 6 heteroatoms. The maximum Gasteiger partial charge on any atom is 0.240 e. The second kappa shape index (κ2) is 7.46. The minimum atomic E-state index is -1.46. The minimum absolute atomic E-state index is 0.160. The summed E-state index contributed by atoms with van der Waals surface area (Å²) >= 11 is 5.92. The molecule has 5 N–H and O–H groups in total. The van der Waals surface area contributed by atoms with Crippen LogP contribution in [0.5, 0.6) is 5.75 Å². The van der Waals surface area contributed by atoms with Crippen molar-refractivity contribution in [3.63, 3.8) is 0 Å². The molecule has 0 saturated heterocycles. The third-order valence-electron chi connectivity index (χ3n) is 3.51. The number of primary amides is 1. The van der Waals surface area contributed by atoms with Crippen molar-refractivity contribution in [1.82, 2.24) is 0 Å². The Bertz CT molecular complexity index is 676. The Kier molecular flexibility index (Phi) is 5.60. The van der Waals surface area contributed by atoms with Gasteiger partial charge in [-0.15, -0.1) is 0 Å². The fourth-order valence-electron chi connectivity index (χ4n) is 2.08. The Morgan fingerprint density at radius 3 is 2.43 bits per heavy atom. The van der Waals surface area contributed by atoms with Gasteiger partial charge in [0.05, 0.1) is 6.61 Å². The summed E-state index contributed by atoms with van der Waals surface area (Å²) in [4.78, 5) is 11.3. The predicted molar refractivity (Wildman–Crippen MR) is 89.1 cm³/mol. The molecule has 0 aromatic heterocycles. The van der Waals surface area contributed by atoms with Crippen LogP contribution in [-0.4, -0.2) is 23.2 Å². The summed E-state index contributed by atoms with van der Waals surface area (Å²) in [5.74, 6) is -0.0549. The van der Waals surface area contributed by atoms with Crippen LogP contribution in [-0.2, 0) is 17.8 Å². The van der Waals surface area contributed by atoms with E-state index in [2.05, 4.69) is 0 Å². The second-order valence-electron chi connectivity index (χ2n) is 5.42. The normalized spacial score (nSPS) is 13.3. The zero-order valence-corrected chi connectivity index (χ0v) is 13.3. The number of aliphatic hydroxyl groups excluding tert-OH is 1. The summed E-state index contributed by atoms with van der Waals surface area (Å²) in [6.45, 7) is -0.103. The number of amides is 1. The van der Waals surface area contributed by atoms with E-state index in [0.29, 0.717) is 17.4 Å². The van der Waals surface area contributed by atoms with Crippen molar-refractivity contribution in [2.24, 2.45) is 11.5 Å². The van der Waals surface area contributed by atoms with Crippen LogP contribution in [0, 0.1) is 0 Å². The first-order valence-corrected chi connectivity index (χ1v) is 7.46. The van der Waals surface area contributed by atoms with Crippen molar-refractivity contribution in [2.45, 2.75) is 18.6 Å². The van der Waals surface area contributed by atoms with Crippen molar-refractivity contribution in [3.05, 3.63) is 64.7 Å². The second-order valence-corrected chi connectivity index (χ2v) is 5.85. The van der Waals surface area contributed by atoms with Crippen LogP contribution in [0.1, 0.15) is 11.1 Å². The third kappa shape index (κ3) is 4.69.